The summed E-state index contributed by atoms with van der Waals surface area (Å²) in [6.07, 6.45) is 7.99. The van der Waals surface area contributed by atoms with E-state index in [2.05, 4.69) is 11.9 Å². The number of nitrogens with one attached hydrogen (secondary N) is 1. The van der Waals surface area contributed by atoms with Gasteiger partial charge in [0.2, 0.25) is 12.7 Å². The summed E-state index contributed by atoms with van der Waals surface area (Å²) < 4.78 is 10.6. The van der Waals surface area contributed by atoms with Crippen molar-refractivity contribution in [3.8, 4) is 11.5 Å². The van der Waals surface area contributed by atoms with Gasteiger partial charge >= 0.3 is 0 Å². The third kappa shape index (κ3) is 5.14. The summed E-state index contributed by atoms with van der Waals surface area (Å²) in [7, 11) is 0. The summed E-state index contributed by atoms with van der Waals surface area (Å²) in [6.45, 7) is 4.51. The van der Waals surface area contributed by atoms with Crippen LogP contribution in [0.2, 0.25) is 0 Å². The zero-order chi connectivity index (χ0) is 14.9. The summed E-state index contributed by atoms with van der Waals surface area (Å²) in [5, 5.41) is 2.94. The molecular formula is C17H23NO3. The Labute approximate surface area is 126 Å². The number of ether oxygens (including phenoxy) is 2. The van der Waals surface area contributed by atoms with E-state index in [1.165, 1.54) is 12.8 Å². The summed E-state index contributed by atoms with van der Waals surface area (Å²) in [5.41, 5.74) is 1.03. The lowest BCUT2D eigenvalue weighted by molar-refractivity contribution is -0.121. The Morgan fingerprint density at radius 3 is 2.86 bits per heavy atom. The molecule has 114 valence electrons. The maximum atomic E-state index is 11.8. The zero-order valence-corrected chi connectivity index (χ0v) is 12.4. The number of hydrogen-bond donors (Lipinski definition) is 1. The minimum atomic E-state index is 0.108. The second kappa shape index (κ2) is 8.35. The van der Waals surface area contributed by atoms with Gasteiger partial charge in [-0.25, -0.2) is 0 Å². The van der Waals surface area contributed by atoms with Gasteiger partial charge in [-0.15, -0.1) is 6.58 Å². The van der Waals surface area contributed by atoms with Crippen molar-refractivity contribution in [2.24, 2.45) is 0 Å². The Morgan fingerprint density at radius 1 is 1.19 bits per heavy atom. The first kappa shape index (κ1) is 15.4. The summed E-state index contributed by atoms with van der Waals surface area (Å²) in [4.78, 5) is 11.8. The van der Waals surface area contributed by atoms with E-state index in [1.807, 2.05) is 24.3 Å². The van der Waals surface area contributed by atoms with Gasteiger partial charge < -0.3 is 14.8 Å². The van der Waals surface area contributed by atoms with Crippen LogP contribution in [0.3, 0.4) is 0 Å². The van der Waals surface area contributed by atoms with Gasteiger partial charge in [-0.1, -0.05) is 25.0 Å². The number of carbonyl (C=O) groups is 1. The highest BCUT2D eigenvalue weighted by molar-refractivity contribution is 5.75. The Kier molecular flexibility index (Phi) is 6.13. The molecule has 1 aliphatic heterocycles. The van der Waals surface area contributed by atoms with Crippen molar-refractivity contribution in [2.75, 3.05) is 6.79 Å². The van der Waals surface area contributed by atoms with Crippen LogP contribution in [0.1, 0.15) is 44.1 Å². The Bertz CT molecular complexity index is 485. The highest BCUT2D eigenvalue weighted by Crippen LogP contribution is 2.32. The SMILES string of the molecule is C=CCCCCCCC(=O)NCc1ccc2c(c1)OCO2. The second-order valence-corrected chi connectivity index (χ2v) is 5.21. The lowest BCUT2D eigenvalue weighted by Crippen LogP contribution is -2.22. The molecule has 4 nitrogen and oxygen atoms in total. The van der Waals surface area contributed by atoms with Gasteiger partial charge in [0, 0.05) is 13.0 Å². The molecule has 4 heteroatoms. The van der Waals surface area contributed by atoms with E-state index >= 15 is 0 Å². The fourth-order valence-corrected chi connectivity index (χ4v) is 2.27. The van der Waals surface area contributed by atoms with Crippen molar-refractivity contribution in [3.63, 3.8) is 0 Å². The molecule has 0 aromatic heterocycles. The van der Waals surface area contributed by atoms with Crippen LogP contribution in [0.4, 0.5) is 0 Å². The number of hydrogen-bond acceptors (Lipinski definition) is 3. The number of benzene rings is 1. The van der Waals surface area contributed by atoms with Crippen LogP contribution in [0.5, 0.6) is 11.5 Å². The van der Waals surface area contributed by atoms with Crippen LogP contribution in [0, 0.1) is 0 Å². The van der Waals surface area contributed by atoms with Crippen molar-refractivity contribution in [1.82, 2.24) is 5.32 Å². The number of fused-ring (bicyclic) bond motifs is 1. The van der Waals surface area contributed by atoms with Crippen LogP contribution >= 0.6 is 0 Å². The quantitative estimate of drug-likeness (QED) is 0.558. The molecule has 0 saturated heterocycles. The van der Waals surface area contributed by atoms with Gasteiger partial charge in [0.25, 0.3) is 0 Å². The molecule has 1 heterocycles. The van der Waals surface area contributed by atoms with Crippen molar-refractivity contribution in [3.05, 3.63) is 36.4 Å². The lowest BCUT2D eigenvalue weighted by Gasteiger charge is -2.06. The molecule has 0 spiro atoms. The van der Waals surface area contributed by atoms with Gasteiger partial charge in [0.1, 0.15) is 0 Å². The van der Waals surface area contributed by atoms with E-state index in [4.69, 9.17) is 9.47 Å². The van der Waals surface area contributed by atoms with E-state index in [9.17, 15) is 4.79 Å². The first-order chi connectivity index (χ1) is 10.3. The summed E-state index contributed by atoms with van der Waals surface area (Å²) >= 11 is 0. The predicted molar refractivity (Wildman–Crippen MR) is 82.3 cm³/mol. The van der Waals surface area contributed by atoms with Crippen molar-refractivity contribution in [1.29, 1.82) is 0 Å². The van der Waals surface area contributed by atoms with Crippen LogP contribution in [-0.2, 0) is 11.3 Å². The van der Waals surface area contributed by atoms with Crippen LogP contribution in [0.25, 0.3) is 0 Å². The molecular weight excluding hydrogens is 266 g/mol. The molecule has 1 aliphatic rings. The molecule has 0 aliphatic carbocycles. The van der Waals surface area contributed by atoms with Crippen molar-refractivity contribution >= 4 is 5.91 Å². The minimum Gasteiger partial charge on any atom is -0.454 e. The minimum absolute atomic E-state index is 0.108. The Hall–Kier alpha value is -1.97. The predicted octanol–water partition coefficient (Wildman–Crippen LogP) is 3.56. The van der Waals surface area contributed by atoms with Crippen LogP contribution in [-0.4, -0.2) is 12.7 Å². The molecule has 0 radical (unpaired) electrons. The third-order valence-electron chi connectivity index (χ3n) is 3.49. The van der Waals surface area contributed by atoms with E-state index < -0.39 is 0 Å². The fourth-order valence-electron chi connectivity index (χ4n) is 2.27. The first-order valence-corrected chi connectivity index (χ1v) is 7.55. The summed E-state index contributed by atoms with van der Waals surface area (Å²) in [5.74, 6) is 1.63. The van der Waals surface area contributed by atoms with Gasteiger partial charge in [-0.05, 0) is 37.0 Å². The number of carbonyl (C=O) groups excluding carboxylic acids is 1. The molecule has 1 N–H and O–H groups in total. The molecule has 0 saturated carbocycles. The number of allylic oxidation sites excluding steroid dienone is 1. The smallest absolute Gasteiger partial charge is 0.231 e. The van der Waals surface area contributed by atoms with Gasteiger partial charge in [-0.2, -0.15) is 0 Å². The van der Waals surface area contributed by atoms with Crippen LogP contribution in [0.15, 0.2) is 30.9 Å². The molecule has 0 bridgehead atoms. The Morgan fingerprint density at radius 2 is 2.00 bits per heavy atom. The highest BCUT2D eigenvalue weighted by Gasteiger charge is 2.13. The number of unbranched alkanes of at least 4 members (excludes halogenated alkanes) is 4. The van der Waals surface area contributed by atoms with E-state index in [1.54, 1.807) is 0 Å². The lowest BCUT2D eigenvalue weighted by atomic mass is 10.1. The molecule has 0 atom stereocenters. The zero-order valence-electron chi connectivity index (χ0n) is 12.4. The summed E-state index contributed by atoms with van der Waals surface area (Å²) in [6, 6.07) is 5.74. The average Bonchev–Trinajstić information content (AvgIpc) is 2.96. The average molecular weight is 289 g/mol. The van der Waals surface area contributed by atoms with E-state index in [-0.39, 0.29) is 12.7 Å². The molecule has 1 aromatic rings. The molecule has 1 amide bonds. The topological polar surface area (TPSA) is 47.6 Å². The van der Waals surface area contributed by atoms with E-state index in [0.717, 1.165) is 36.3 Å². The van der Waals surface area contributed by atoms with Crippen LogP contribution < -0.4 is 14.8 Å². The molecule has 0 fully saturated rings. The number of amides is 1. The van der Waals surface area contributed by atoms with Crippen molar-refractivity contribution < 1.29 is 14.3 Å². The molecule has 0 unspecified atom stereocenters. The van der Waals surface area contributed by atoms with Gasteiger partial charge in [0.05, 0.1) is 0 Å². The molecule has 1 aromatic carbocycles. The molecule has 21 heavy (non-hydrogen) atoms. The first-order valence-electron chi connectivity index (χ1n) is 7.55. The highest BCUT2D eigenvalue weighted by atomic mass is 16.7. The molecule has 2 rings (SSSR count). The maximum Gasteiger partial charge on any atom is 0.231 e. The van der Waals surface area contributed by atoms with Crippen molar-refractivity contribution in [2.45, 2.75) is 45.1 Å². The Balaban J connectivity index is 1.61. The normalized spacial score (nSPS) is 12.2. The maximum absolute atomic E-state index is 11.8. The monoisotopic (exact) mass is 289 g/mol. The largest absolute Gasteiger partial charge is 0.454 e. The standard InChI is InChI=1S/C17H23NO3/c1-2-3-4-5-6-7-8-17(19)18-12-14-9-10-15-16(11-14)21-13-20-15/h2,9-11H,1,3-8,12-13H2,(H,18,19). The third-order valence-corrected chi connectivity index (χ3v) is 3.49. The van der Waals surface area contributed by atoms with Gasteiger partial charge in [-0.3, -0.25) is 4.79 Å². The van der Waals surface area contributed by atoms with Gasteiger partial charge in [0.15, 0.2) is 11.5 Å². The number of rotatable bonds is 9. The van der Waals surface area contributed by atoms with E-state index in [0.29, 0.717) is 13.0 Å². The second-order valence-electron chi connectivity index (χ2n) is 5.21. The fraction of sp³-hybridized carbons (Fsp3) is 0.471.